The first-order valence-corrected chi connectivity index (χ1v) is 6.81. The Morgan fingerprint density at radius 2 is 2.22 bits per heavy atom. The van der Waals surface area contributed by atoms with Crippen LogP contribution in [0.1, 0.15) is 39.4 Å². The molecule has 1 aromatic heterocycles. The van der Waals surface area contributed by atoms with Crippen LogP contribution in [-0.4, -0.2) is 50.4 Å². The van der Waals surface area contributed by atoms with Crippen molar-refractivity contribution < 1.29 is 4.74 Å². The summed E-state index contributed by atoms with van der Waals surface area (Å²) in [6.45, 7) is 9.93. The van der Waals surface area contributed by atoms with Crippen LogP contribution in [0.3, 0.4) is 0 Å². The molecular formula is C12H23N5O. The number of hydrogen-bond acceptors (Lipinski definition) is 5. The maximum atomic E-state index is 5.63. The van der Waals surface area contributed by atoms with Gasteiger partial charge in [-0.15, -0.1) is 5.10 Å². The molecule has 1 fully saturated rings. The number of tetrazole rings is 1. The van der Waals surface area contributed by atoms with E-state index in [2.05, 4.69) is 41.2 Å². The zero-order valence-electron chi connectivity index (χ0n) is 11.5. The van der Waals surface area contributed by atoms with Gasteiger partial charge in [-0.3, -0.25) is 4.90 Å². The number of morpholine rings is 1. The Labute approximate surface area is 108 Å². The molecule has 0 aromatic carbocycles. The molecule has 1 aliphatic heterocycles. The average Bonchev–Trinajstić information content (AvgIpc) is 2.79. The fourth-order valence-electron chi connectivity index (χ4n) is 2.19. The van der Waals surface area contributed by atoms with E-state index in [1.165, 1.54) is 0 Å². The van der Waals surface area contributed by atoms with E-state index >= 15 is 0 Å². The summed E-state index contributed by atoms with van der Waals surface area (Å²) in [5, 5.41) is 12.0. The molecule has 102 valence electrons. The first-order valence-electron chi connectivity index (χ1n) is 6.81. The lowest BCUT2D eigenvalue weighted by Gasteiger charge is -2.36. The second kappa shape index (κ2) is 6.24. The van der Waals surface area contributed by atoms with E-state index in [1.807, 2.05) is 4.68 Å². The van der Waals surface area contributed by atoms with Gasteiger partial charge in [0.15, 0.2) is 5.82 Å². The lowest BCUT2D eigenvalue weighted by atomic mass is 10.2. The van der Waals surface area contributed by atoms with E-state index < -0.39 is 0 Å². The molecule has 1 saturated heterocycles. The molecule has 2 atom stereocenters. The van der Waals surface area contributed by atoms with Crippen molar-refractivity contribution >= 4 is 0 Å². The van der Waals surface area contributed by atoms with Gasteiger partial charge in [-0.1, -0.05) is 13.3 Å². The largest absolute Gasteiger partial charge is 0.376 e. The molecule has 6 heteroatoms. The third-order valence-corrected chi connectivity index (χ3v) is 3.41. The van der Waals surface area contributed by atoms with Gasteiger partial charge in [0, 0.05) is 19.1 Å². The van der Waals surface area contributed by atoms with Crippen LogP contribution < -0.4 is 0 Å². The van der Waals surface area contributed by atoms with Crippen molar-refractivity contribution in [1.29, 1.82) is 0 Å². The average molecular weight is 253 g/mol. The number of aromatic nitrogens is 4. The smallest absolute Gasteiger partial charge is 0.165 e. The molecule has 0 N–H and O–H groups in total. The maximum absolute atomic E-state index is 5.63. The van der Waals surface area contributed by atoms with Crippen LogP contribution in [0.4, 0.5) is 0 Å². The maximum Gasteiger partial charge on any atom is 0.165 e. The highest BCUT2D eigenvalue weighted by atomic mass is 16.5. The minimum Gasteiger partial charge on any atom is -0.376 e. The Hall–Kier alpha value is -1.01. The van der Waals surface area contributed by atoms with Crippen molar-refractivity contribution in [1.82, 2.24) is 25.1 Å². The molecule has 0 spiro atoms. The Bertz CT molecular complexity index is 367. The lowest BCUT2D eigenvalue weighted by molar-refractivity contribution is -0.0539. The van der Waals surface area contributed by atoms with E-state index in [1.54, 1.807) is 0 Å². The Balaban J connectivity index is 1.97. The van der Waals surface area contributed by atoms with Crippen LogP contribution in [0, 0.1) is 0 Å². The molecule has 0 bridgehead atoms. The van der Waals surface area contributed by atoms with Gasteiger partial charge in [0.25, 0.3) is 0 Å². The molecule has 1 aliphatic rings. The zero-order valence-corrected chi connectivity index (χ0v) is 11.5. The van der Waals surface area contributed by atoms with E-state index in [4.69, 9.17) is 4.74 Å². The Morgan fingerprint density at radius 3 is 3.00 bits per heavy atom. The van der Waals surface area contributed by atoms with E-state index in [0.717, 1.165) is 44.9 Å². The minimum absolute atomic E-state index is 0.293. The SMILES string of the molecule is CCCCn1nnnc1CN1C[C@H](C)OC[C@H]1C. The van der Waals surface area contributed by atoms with E-state index in [9.17, 15) is 0 Å². The van der Waals surface area contributed by atoms with E-state index in [0.29, 0.717) is 12.1 Å². The second-order valence-corrected chi connectivity index (χ2v) is 5.09. The predicted octanol–water partition coefficient (Wildman–Crippen LogP) is 1.08. The van der Waals surface area contributed by atoms with Crippen molar-refractivity contribution in [3.63, 3.8) is 0 Å². The van der Waals surface area contributed by atoms with Gasteiger partial charge in [-0.25, -0.2) is 4.68 Å². The van der Waals surface area contributed by atoms with Gasteiger partial charge in [-0.2, -0.15) is 0 Å². The number of nitrogens with zero attached hydrogens (tertiary/aromatic N) is 5. The van der Waals surface area contributed by atoms with Crippen LogP contribution in [0.2, 0.25) is 0 Å². The molecular weight excluding hydrogens is 230 g/mol. The number of hydrogen-bond donors (Lipinski definition) is 0. The Morgan fingerprint density at radius 1 is 1.39 bits per heavy atom. The molecule has 0 unspecified atom stereocenters. The third-order valence-electron chi connectivity index (χ3n) is 3.41. The summed E-state index contributed by atoms with van der Waals surface area (Å²) in [7, 11) is 0. The summed E-state index contributed by atoms with van der Waals surface area (Å²) in [4.78, 5) is 2.39. The normalized spacial score (nSPS) is 25.5. The van der Waals surface area contributed by atoms with Crippen molar-refractivity contribution in [3.8, 4) is 0 Å². The van der Waals surface area contributed by atoms with Crippen LogP contribution in [0.5, 0.6) is 0 Å². The summed E-state index contributed by atoms with van der Waals surface area (Å²) in [5.74, 6) is 0.962. The quantitative estimate of drug-likeness (QED) is 0.786. The van der Waals surface area contributed by atoms with Gasteiger partial charge in [0.05, 0.1) is 19.3 Å². The van der Waals surface area contributed by atoms with E-state index in [-0.39, 0.29) is 0 Å². The predicted molar refractivity (Wildman–Crippen MR) is 68.0 cm³/mol. The van der Waals surface area contributed by atoms with Gasteiger partial charge in [-0.05, 0) is 30.7 Å². The van der Waals surface area contributed by atoms with Crippen LogP contribution in [0.25, 0.3) is 0 Å². The van der Waals surface area contributed by atoms with Crippen molar-refractivity contribution in [2.75, 3.05) is 13.2 Å². The van der Waals surface area contributed by atoms with Gasteiger partial charge in [0.1, 0.15) is 0 Å². The Kier molecular flexibility index (Phi) is 4.66. The van der Waals surface area contributed by atoms with Gasteiger partial charge in [0.2, 0.25) is 0 Å². The number of ether oxygens (including phenoxy) is 1. The fraction of sp³-hybridized carbons (Fsp3) is 0.917. The molecule has 0 amide bonds. The standard InChI is InChI=1S/C12H23N5O/c1-4-5-6-17-12(13-14-15-17)8-16-7-11(3)18-9-10(16)2/h10-11H,4-9H2,1-3H3/t10-,11+/m1/s1. The van der Waals surface area contributed by atoms with Crippen LogP contribution in [-0.2, 0) is 17.8 Å². The molecule has 1 aromatic rings. The summed E-state index contributed by atoms with van der Waals surface area (Å²) in [5.41, 5.74) is 0. The molecule has 0 saturated carbocycles. The third kappa shape index (κ3) is 3.26. The molecule has 2 rings (SSSR count). The van der Waals surface area contributed by atoms with Gasteiger partial charge >= 0.3 is 0 Å². The fourth-order valence-corrected chi connectivity index (χ4v) is 2.19. The highest BCUT2D eigenvalue weighted by molar-refractivity contribution is 4.85. The summed E-state index contributed by atoms with van der Waals surface area (Å²) in [6.07, 6.45) is 2.57. The minimum atomic E-state index is 0.293. The number of rotatable bonds is 5. The first kappa shape index (κ1) is 13.4. The lowest BCUT2D eigenvalue weighted by Crippen LogP contribution is -2.47. The highest BCUT2D eigenvalue weighted by Gasteiger charge is 2.24. The van der Waals surface area contributed by atoms with Gasteiger partial charge < -0.3 is 4.74 Å². The zero-order chi connectivity index (χ0) is 13.0. The molecule has 2 heterocycles. The molecule has 6 nitrogen and oxygen atoms in total. The summed E-state index contributed by atoms with van der Waals surface area (Å²) >= 11 is 0. The van der Waals surface area contributed by atoms with Crippen LogP contribution >= 0.6 is 0 Å². The number of aryl methyl sites for hydroxylation is 1. The highest BCUT2D eigenvalue weighted by Crippen LogP contribution is 2.14. The van der Waals surface area contributed by atoms with Crippen molar-refractivity contribution in [2.24, 2.45) is 0 Å². The summed E-state index contributed by atoms with van der Waals surface area (Å²) in [6, 6.07) is 0.428. The van der Waals surface area contributed by atoms with Crippen molar-refractivity contribution in [3.05, 3.63) is 5.82 Å². The number of unbranched alkanes of at least 4 members (excludes halogenated alkanes) is 1. The molecule has 0 radical (unpaired) electrons. The monoisotopic (exact) mass is 253 g/mol. The topological polar surface area (TPSA) is 56.1 Å². The molecule has 0 aliphatic carbocycles. The summed E-state index contributed by atoms with van der Waals surface area (Å²) < 4.78 is 7.56. The second-order valence-electron chi connectivity index (χ2n) is 5.09. The van der Waals surface area contributed by atoms with Crippen LogP contribution in [0.15, 0.2) is 0 Å². The first-order chi connectivity index (χ1) is 8.70. The van der Waals surface area contributed by atoms with Crippen molar-refractivity contribution in [2.45, 2.75) is 58.8 Å². The molecule has 18 heavy (non-hydrogen) atoms.